The minimum absolute atomic E-state index is 0.227. The fourth-order valence-electron chi connectivity index (χ4n) is 0.945. The van der Waals surface area contributed by atoms with Crippen molar-refractivity contribution in [2.45, 2.75) is 0 Å². The van der Waals surface area contributed by atoms with E-state index in [1.807, 2.05) is 0 Å². The highest BCUT2D eigenvalue weighted by Gasteiger charge is 2.01. The van der Waals surface area contributed by atoms with Gasteiger partial charge in [0.25, 0.3) is 0 Å². The lowest BCUT2D eigenvalue weighted by molar-refractivity contribution is -0.116. The lowest BCUT2D eigenvalue weighted by atomic mass is 10.1. The maximum atomic E-state index is 11.5. The number of benzene rings is 1. The first-order valence-corrected chi connectivity index (χ1v) is 4.71. The van der Waals surface area contributed by atoms with E-state index in [9.17, 15) is 9.59 Å². The van der Waals surface area contributed by atoms with E-state index < -0.39 is 0 Å². The number of amides is 1. The van der Waals surface area contributed by atoms with Crippen molar-refractivity contribution in [1.82, 2.24) is 5.32 Å². The van der Waals surface area contributed by atoms with Crippen LogP contribution in [0.25, 0.3) is 0 Å². The van der Waals surface area contributed by atoms with E-state index >= 15 is 0 Å². The van der Waals surface area contributed by atoms with Gasteiger partial charge in [0.15, 0.2) is 5.78 Å². The lowest BCUT2D eigenvalue weighted by Crippen LogP contribution is -2.14. The molecule has 0 bridgehead atoms. The Balaban J connectivity index is 2.73. The van der Waals surface area contributed by atoms with Crippen LogP contribution >= 0.6 is 11.6 Å². The molecule has 0 aliphatic carbocycles. The third kappa shape index (κ3) is 3.56. The third-order valence-corrected chi connectivity index (χ3v) is 2.01. The number of ketones is 1. The number of hydrogen-bond donors (Lipinski definition) is 1. The normalized spacial score (nSPS) is 10.3. The topological polar surface area (TPSA) is 46.2 Å². The van der Waals surface area contributed by atoms with Crippen LogP contribution in [-0.2, 0) is 4.79 Å². The summed E-state index contributed by atoms with van der Waals surface area (Å²) in [4.78, 5) is 22.3. The molecule has 78 valence electrons. The van der Waals surface area contributed by atoms with Gasteiger partial charge >= 0.3 is 0 Å². The maximum Gasteiger partial charge on any atom is 0.243 e. The second-order valence-corrected chi connectivity index (χ2v) is 3.26. The van der Waals surface area contributed by atoms with Gasteiger partial charge < -0.3 is 5.32 Å². The summed E-state index contributed by atoms with van der Waals surface area (Å²) < 4.78 is 0. The van der Waals surface area contributed by atoms with Crippen molar-refractivity contribution in [1.29, 1.82) is 0 Å². The number of rotatable bonds is 3. The van der Waals surface area contributed by atoms with Crippen LogP contribution in [-0.4, -0.2) is 18.7 Å². The van der Waals surface area contributed by atoms with Gasteiger partial charge in [0.1, 0.15) is 0 Å². The van der Waals surface area contributed by atoms with Crippen molar-refractivity contribution in [3.8, 4) is 0 Å². The fraction of sp³-hybridized carbons (Fsp3) is 0.0909. The Bertz CT molecular complexity index is 396. The molecule has 0 saturated carbocycles. The van der Waals surface area contributed by atoms with Crippen LogP contribution in [0.15, 0.2) is 36.4 Å². The van der Waals surface area contributed by atoms with Gasteiger partial charge in [0.2, 0.25) is 5.91 Å². The predicted octanol–water partition coefficient (Wildman–Crippen LogP) is 1.82. The molecule has 0 atom stereocenters. The molecule has 0 aliphatic heterocycles. The van der Waals surface area contributed by atoms with Gasteiger partial charge in [0.05, 0.1) is 0 Å². The predicted molar refractivity (Wildman–Crippen MR) is 59.0 cm³/mol. The summed E-state index contributed by atoms with van der Waals surface area (Å²) in [5.74, 6) is -0.535. The number of carbonyl (C=O) groups excluding carboxylic acids is 2. The van der Waals surface area contributed by atoms with Crippen LogP contribution in [0, 0.1) is 0 Å². The van der Waals surface area contributed by atoms with Crippen LogP contribution in [0.3, 0.4) is 0 Å². The molecule has 0 aromatic heterocycles. The SMILES string of the molecule is CNC(=O)/C=C/C(=O)c1ccc(Cl)cc1. The molecular formula is C11H10ClNO2. The second-order valence-electron chi connectivity index (χ2n) is 2.82. The van der Waals surface area contributed by atoms with Crippen molar-refractivity contribution < 1.29 is 9.59 Å². The lowest BCUT2D eigenvalue weighted by Gasteiger charge is -1.95. The summed E-state index contributed by atoms with van der Waals surface area (Å²) in [5, 5.41) is 2.95. The molecule has 0 saturated heterocycles. The molecule has 0 unspecified atom stereocenters. The zero-order chi connectivity index (χ0) is 11.3. The smallest absolute Gasteiger partial charge is 0.243 e. The van der Waals surface area contributed by atoms with E-state index in [1.54, 1.807) is 24.3 Å². The second kappa shape index (κ2) is 5.32. The zero-order valence-electron chi connectivity index (χ0n) is 8.16. The molecule has 0 aliphatic rings. The van der Waals surface area contributed by atoms with E-state index in [1.165, 1.54) is 19.2 Å². The number of carbonyl (C=O) groups is 2. The van der Waals surface area contributed by atoms with Crippen molar-refractivity contribution in [3.63, 3.8) is 0 Å². The van der Waals surface area contributed by atoms with Crippen LogP contribution in [0.2, 0.25) is 5.02 Å². The summed E-state index contributed by atoms with van der Waals surface area (Å²) in [6.07, 6.45) is 2.42. The number of nitrogens with one attached hydrogen (secondary N) is 1. The van der Waals surface area contributed by atoms with Crippen molar-refractivity contribution in [3.05, 3.63) is 47.0 Å². The van der Waals surface area contributed by atoms with Crippen molar-refractivity contribution in [2.24, 2.45) is 0 Å². The molecule has 1 N–H and O–H groups in total. The van der Waals surface area contributed by atoms with Gasteiger partial charge in [-0.2, -0.15) is 0 Å². The summed E-state index contributed by atoms with van der Waals surface area (Å²) in [5.41, 5.74) is 0.500. The maximum absolute atomic E-state index is 11.5. The molecular weight excluding hydrogens is 214 g/mol. The van der Waals surface area contributed by atoms with E-state index in [0.717, 1.165) is 0 Å². The standard InChI is InChI=1S/C11H10ClNO2/c1-13-11(15)7-6-10(14)8-2-4-9(12)5-3-8/h2-7H,1H3,(H,13,15)/b7-6+. The van der Waals surface area contributed by atoms with Crippen molar-refractivity contribution >= 4 is 23.3 Å². The summed E-state index contributed by atoms with van der Waals surface area (Å²) in [6, 6.07) is 6.47. The van der Waals surface area contributed by atoms with Crippen LogP contribution < -0.4 is 5.32 Å². The molecule has 1 amide bonds. The van der Waals surface area contributed by atoms with Crippen LogP contribution in [0.1, 0.15) is 10.4 Å². The van der Waals surface area contributed by atoms with Gasteiger partial charge in [-0.3, -0.25) is 9.59 Å². The number of halogens is 1. The summed E-state index contributed by atoms with van der Waals surface area (Å²) in [7, 11) is 1.50. The largest absolute Gasteiger partial charge is 0.356 e. The average Bonchev–Trinajstić information content (AvgIpc) is 2.26. The highest BCUT2D eigenvalue weighted by molar-refractivity contribution is 6.30. The number of hydrogen-bond acceptors (Lipinski definition) is 2. The molecule has 0 heterocycles. The van der Waals surface area contributed by atoms with Gasteiger partial charge in [-0.1, -0.05) is 11.6 Å². The van der Waals surface area contributed by atoms with Gasteiger partial charge in [-0.05, 0) is 30.3 Å². The number of likely N-dealkylation sites (N-methyl/N-ethyl adjacent to an activating group) is 1. The minimum Gasteiger partial charge on any atom is -0.356 e. The first kappa shape index (κ1) is 11.5. The summed E-state index contributed by atoms with van der Waals surface area (Å²) >= 11 is 5.67. The molecule has 0 fully saturated rings. The van der Waals surface area contributed by atoms with E-state index in [2.05, 4.69) is 5.32 Å². The Kier molecular flexibility index (Phi) is 4.06. The molecule has 1 aromatic carbocycles. The summed E-state index contributed by atoms with van der Waals surface area (Å²) in [6.45, 7) is 0. The minimum atomic E-state index is -0.308. The first-order valence-electron chi connectivity index (χ1n) is 4.33. The van der Waals surface area contributed by atoms with Gasteiger partial charge in [-0.15, -0.1) is 0 Å². The zero-order valence-corrected chi connectivity index (χ0v) is 8.91. The van der Waals surface area contributed by atoms with Gasteiger partial charge in [-0.25, -0.2) is 0 Å². The molecule has 4 heteroatoms. The molecule has 0 spiro atoms. The molecule has 3 nitrogen and oxygen atoms in total. The Morgan fingerprint density at radius 2 is 1.80 bits per heavy atom. The van der Waals surface area contributed by atoms with Crippen molar-refractivity contribution in [2.75, 3.05) is 7.05 Å². The Hall–Kier alpha value is -1.61. The Morgan fingerprint density at radius 1 is 1.20 bits per heavy atom. The quantitative estimate of drug-likeness (QED) is 0.628. The Labute approximate surface area is 92.7 Å². The highest BCUT2D eigenvalue weighted by atomic mass is 35.5. The van der Waals surface area contributed by atoms with Crippen LogP contribution in [0.5, 0.6) is 0 Å². The monoisotopic (exact) mass is 223 g/mol. The third-order valence-electron chi connectivity index (χ3n) is 1.76. The molecule has 15 heavy (non-hydrogen) atoms. The van der Waals surface area contributed by atoms with Gasteiger partial charge in [0, 0.05) is 23.7 Å². The molecule has 0 radical (unpaired) electrons. The number of allylic oxidation sites excluding steroid dienone is 1. The van der Waals surface area contributed by atoms with E-state index in [0.29, 0.717) is 10.6 Å². The van der Waals surface area contributed by atoms with E-state index in [4.69, 9.17) is 11.6 Å². The van der Waals surface area contributed by atoms with Crippen LogP contribution in [0.4, 0.5) is 0 Å². The molecule has 1 aromatic rings. The van der Waals surface area contributed by atoms with E-state index in [-0.39, 0.29) is 11.7 Å². The molecule has 1 rings (SSSR count). The first-order chi connectivity index (χ1) is 7.13. The Morgan fingerprint density at radius 3 is 2.33 bits per heavy atom. The average molecular weight is 224 g/mol. The fourth-order valence-corrected chi connectivity index (χ4v) is 1.07. The highest BCUT2D eigenvalue weighted by Crippen LogP contribution is 2.10.